The van der Waals surface area contributed by atoms with Gasteiger partial charge in [-0.05, 0) is 6.92 Å². The van der Waals surface area contributed by atoms with Gasteiger partial charge in [-0.2, -0.15) is 13.2 Å². The van der Waals surface area contributed by atoms with Gasteiger partial charge in [0.1, 0.15) is 6.04 Å². The van der Waals surface area contributed by atoms with Crippen molar-refractivity contribution in [1.29, 1.82) is 0 Å². The van der Waals surface area contributed by atoms with Crippen molar-refractivity contribution in [2.75, 3.05) is 13.1 Å². The van der Waals surface area contributed by atoms with Crippen LogP contribution in [0, 0.1) is 0 Å². The fourth-order valence-corrected chi connectivity index (χ4v) is 1.01. The van der Waals surface area contributed by atoms with Crippen LogP contribution in [-0.4, -0.2) is 31.3 Å². The Labute approximate surface area is 63.2 Å². The molecule has 0 aromatic rings. The van der Waals surface area contributed by atoms with Crippen LogP contribution in [0.2, 0.25) is 0 Å². The quantitative estimate of drug-likeness (QED) is 0.550. The third-order valence-electron chi connectivity index (χ3n) is 1.74. The minimum Gasteiger partial charge on any atom is -0.311 e. The molecule has 0 amide bonds. The van der Waals surface area contributed by atoms with Gasteiger partial charge in [-0.15, -0.1) is 0 Å². The van der Waals surface area contributed by atoms with Crippen LogP contribution in [0.3, 0.4) is 0 Å². The molecule has 0 aromatic heterocycles. The lowest BCUT2D eigenvalue weighted by atomic mass is 10.2. The molecule has 1 heterocycles. The zero-order valence-electron chi connectivity index (χ0n) is 6.20. The van der Waals surface area contributed by atoms with Crippen molar-refractivity contribution in [2.24, 2.45) is 0 Å². The second-order valence-electron chi connectivity index (χ2n) is 2.81. The molecule has 1 aliphatic rings. The van der Waals surface area contributed by atoms with Crippen molar-refractivity contribution in [3.05, 3.63) is 0 Å². The van der Waals surface area contributed by atoms with E-state index in [1.807, 2.05) is 6.92 Å². The van der Waals surface area contributed by atoms with E-state index in [-0.39, 0.29) is 12.6 Å². The Balaban J connectivity index is 2.39. The van der Waals surface area contributed by atoms with E-state index in [9.17, 15) is 13.2 Å². The molecule has 0 saturated carbocycles. The number of piperazine rings is 1. The third-order valence-corrected chi connectivity index (χ3v) is 1.74. The first-order valence-corrected chi connectivity index (χ1v) is 3.53. The first kappa shape index (κ1) is 8.80. The normalized spacial score (nSPS) is 33.8. The van der Waals surface area contributed by atoms with Crippen LogP contribution in [-0.2, 0) is 0 Å². The third kappa shape index (κ3) is 2.34. The topological polar surface area (TPSA) is 24.1 Å². The van der Waals surface area contributed by atoms with Gasteiger partial charge < -0.3 is 10.6 Å². The highest BCUT2D eigenvalue weighted by Crippen LogP contribution is 2.20. The molecule has 1 fully saturated rings. The van der Waals surface area contributed by atoms with Crippen LogP contribution in [0.4, 0.5) is 13.2 Å². The molecule has 0 bridgehead atoms. The zero-order chi connectivity index (χ0) is 8.48. The van der Waals surface area contributed by atoms with E-state index in [1.54, 1.807) is 0 Å². The summed E-state index contributed by atoms with van der Waals surface area (Å²) < 4.78 is 35.9. The van der Waals surface area contributed by atoms with E-state index in [1.165, 1.54) is 0 Å². The minimum atomic E-state index is -4.12. The molecule has 5 heteroatoms. The Morgan fingerprint density at radius 2 is 1.82 bits per heavy atom. The Kier molecular flexibility index (Phi) is 2.39. The highest BCUT2D eigenvalue weighted by Gasteiger charge is 2.40. The fourth-order valence-electron chi connectivity index (χ4n) is 1.01. The van der Waals surface area contributed by atoms with Gasteiger partial charge in [0, 0.05) is 19.1 Å². The summed E-state index contributed by atoms with van der Waals surface area (Å²) in [6.45, 7) is 2.20. The van der Waals surface area contributed by atoms with E-state index in [0.29, 0.717) is 6.54 Å². The second kappa shape index (κ2) is 2.98. The number of rotatable bonds is 0. The van der Waals surface area contributed by atoms with Crippen molar-refractivity contribution in [3.63, 3.8) is 0 Å². The van der Waals surface area contributed by atoms with Crippen molar-refractivity contribution < 1.29 is 13.2 Å². The molecule has 2 atom stereocenters. The van der Waals surface area contributed by atoms with E-state index in [2.05, 4.69) is 10.6 Å². The predicted molar refractivity (Wildman–Crippen MR) is 35.3 cm³/mol. The maximum Gasteiger partial charge on any atom is 0.405 e. The van der Waals surface area contributed by atoms with E-state index < -0.39 is 12.2 Å². The molecule has 0 radical (unpaired) electrons. The number of alkyl halides is 3. The summed E-state index contributed by atoms with van der Waals surface area (Å²) in [4.78, 5) is 0. The minimum absolute atomic E-state index is 0.0231. The average Bonchev–Trinajstić information content (AvgIpc) is 1.86. The molecule has 11 heavy (non-hydrogen) atoms. The molecule has 0 aliphatic carbocycles. The number of nitrogens with one attached hydrogen (secondary N) is 2. The molecular weight excluding hydrogens is 157 g/mol. The molecular formula is C6H11F3N2. The van der Waals surface area contributed by atoms with E-state index in [4.69, 9.17) is 0 Å². The number of hydrogen-bond acceptors (Lipinski definition) is 2. The van der Waals surface area contributed by atoms with Crippen molar-refractivity contribution in [3.8, 4) is 0 Å². The van der Waals surface area contributed by atoms with Gasteiger partial charge in [0.25, 0.3) is 0 Å². The lowest BCUT2D eigenvalue weighted by Gasteiger charge is -2.30. The fraction of sp³-hybridized carbons (Fsp3) is 1.00. The molecule has 2 nitrogen and oxygen atoms in total. The second-order valence-corrected chi connectivity index (χ2v) is 2.81. The van der Waals surface area contributed by atoms with E-state index in [0.717, 1.165) is 0 Å². The summed E-state index contributed by atoms with van der Waals surface area (Å²) in [6, 6.07) is -1.24. The van der Waals surface area contributed by atoms with E-state index >= 15 is 0 Å². The van der Waals surface area contributed by atoms with Crippen LogP contribution in [0.1, 0.15) is 6.92 Å². The summed E-state index contributed by atoms with van der Waals surface area (Å²) >= 11 is 0. The largest absolute Gasteiger partial charge is 0.405 e. The lowest BCUT2D eigenvalue weighted by molar-refractivity contribution is -0.158. The molecule has 0 aromatic carbocycles. The van der Waals surface area contributed by atoms with Crippen LogP contribution >= 0.6 is 0 Å². The van der Waals surface area contributed by atoms with Gasteiger partial charge in [-0.1, -0.05) is 0 Å². The number of halogens is 3. The predicted octanol–water partition coefficient (Wildman–Crippen LogP) is 0.499. The van der Waals surface area contributed by atoms with Crippen molar-refractivity contribution in [1.82, 2.24) is 10.6 Å². The molecule has 1 aliphatic heterocycles. The lowest BCUT2D eigenvalue weighted by Crippen LogP contribution is -2.58. The Bertz CT molecular complexity index is 126. The molecule has 0 unspecified atom stereocenters. The summed E-state index contributed by atoms with van der Waals surface area (Å²) in [6.07, 6.45) is -4.12. The van der Waals surface area contributed by atoms with Gasteiger partial charge in [0.05, 0.1) is 0 Å². The first-order chi connectivity index (χ1) is 5.00. The standard InChI is InChI=1S/C6H11F3N2/c1-4-2-11-5(3-10-4)6(7,8)9/h4-5,10-11H,2-3H2,1H3/t4-,5+/m1/s1. The number of hydrogen-bond donors (Lipinski definition) is 2. The monoisotopic (exact) mass is 168 g/mol. The van der Waals surface area contributed by atoms with Crippen molar-refractivity contribution in [2.45, 2.75) is 25.2 Å². The molecule has 1 saturated heterocycles. The van der Waals surface area contributed by atoms with Gasteiger partial charge in [0.15, 0.2) is 0 Å². The van der Waals surface area contributed by atoms with Crippen LogP contribution in [0.25, 0.3) is 0 Å². The zero-order valence-corrected chi connectivity index (χ0v) is 6.20. The molecule has 1 rings (SSSR count). The summed E-state index contributed by atoms with van der Waals surface area (Å²) in [7, 11) is 0. The summed E-state index contributed by atoms with van der Waals surface area (Å²) in [5.41, 5.74) is 0. The van der Waals surface area contributed by atoms with Crippen LogP contribution in [0.15, 0.2) is 0 Å². The highest BCUT2D eigenvalue weighted by molar-refractivity contribution is 4.85. The molecule has 2 N–H and O–H groups in total. The Morgan fingerprint density at radius 1 is 1.18 bits per heavy atom. The van der Waals surface area contributed by atoms with Gasteiger partial charge in [-0.25, -0.2) is 0 Å². The van der Waals surface area contributed by atoms with Crippen LogP contribution < -0.4 is 10.6 Å². The van der Waals surface area contributed by atoms with Gasteiger partial charge in [0.2, 0.25) is 0 Å². The Morgan fingerprint density at radius 3 is 2.18 bits per heavy atom. The maximum atomic E-state index is 12.0. The van der Waals surface area contributed by atoms with Crippen molar-refractivity contribution >= 4 is 0 Å². The van der Waals surface area contributed by atoms with Gasteiger partial charge >= 0.3 is 6.18 Å². The Hall–Kier alpha value is -0.290. The van der Waals surface area contributed by atoms with Gasteiger partial charge in [-0.3, -0.25) is 0 Å². The smallest absolute Gasteiger partial charge is 0.311 e. The SMILES string of the molecule is C[C@@H]1CN[C@H](C(F)(F)F)CN1. The summed E-state index contributed by atoms with van der Waals surface area (Å²) in [5, 5.41) is 5.18. The maximum absolute atomic E-state index is 12.0. The highest BCUT2D eigenvalue weighted by atomic mass is 19.4. The molecule has 0 spiro atoms. The van der Waals surface area contributed by atoms with Crippen LogP contribution in [0.5, 0.6) is 0 Å². The summed E-state index contributed by atoms with van der Waals surface area (Å²) in [5.74, 6) is 0. The first-order valence-electron chi connectivity index (χ1n) is 3.53. The molecule has 66 valence electrons. The average molecular weight is 168 g/mol.